The Morgan fingerprint density at radius 2 is 1.61 bits per heavy atom. The lowest BCUT2D eigenvalue weighted by Crippen LogP contribution is -2.50. The number of hydrogen-bond acceptors (Lipinski definition) is 5. The van der Waals surface area contributed by atoms with Crippen molar-refractivity contribution in [2.24, 2.45) is 5.92 Å². The molecule has 7 nitrogen and oxygen atoms in total. The maximum atomic E-state index is 12.6. The van der Waals surface area contributed by atoms with Crippen LogP contribution in [0.3, 0.4) is 0 Å². The van der Waals surface area contributed by atoms with Gasteiger partial charge in [-0.2, -0.15) is 5.26 Å². The second-order valence-electron chi connectivity index (χ2n) is 7.68. The fourth-order valence-corrected chi connectivity index (χ4v) is 2.77. The molecule has 0 aliphatic heterocycles. The number of hydrogen-bond donors (Lipinski definition) is 2. The Labute approximate surface area is 182 Å². The summed E-state index contributed by atoms with van der Waals surface area (Å²) in [5, 5.41) is 14.7. The molecule has 0 aliphatic rings. The van der Waals surface area contributed by atoms with E-state index >= 15 is 0 Å². The highest BCUT2D eigenvalue weighted by molar-refractivity contribution is 5.94. The van der Waals surface area contributed by atoms with Crippen LogP contribution in [-0.4, -0.2) is 29.9 Å². The SMILES string of the molecule is CC(C)[C@](C)(C#N)NC(=O)COC(=O)C[C@@H](NC(=O)c1ccccc1)c1ccccc1. The summed E-state index contributed by atoms with van der Waals surface area (Å²) in [6.45, 7) is 4.74. The van der Waals surface area contributed by atoms with Crippen LogP contribution in [0, 0.1) is 17.2 Å². The lowest BCUT2D eigenvalue weighted by Gasteiger charge is -2.27. The Morgan fingerprint density at radius 3 is 2.16 bits per heavy atom. The average Bonchev–Trinajstić information content (AvgIpc) is 2.78. The van der Waals surface area contributed by atoms with E-state index in [1.165, 1.54) is 0 Å². The van der Waals surface area contributed by atoms with Gasteiger partial charge in [0.15, 0.2) is 6.61 Å². The molecule has 2 aromatic rings. The molecule has 0 radical (unpaired) electrons. The first-order chi connectivity index (χ1) is 14.7. The Hall–Kier alpha value is -3.66. The normalized spacial score (nSPS) is 13.4. The third-order valence-electron chi connectivity index (χ3n) is 5.06. The first kappa shape index (κ1) is 23.6. The molecule has 31 heavy (non-hydrogen) atoms. The van der Waals surface area contributed by atoms with Gasteiger partial charge in [-0.1, -0.05) is 62.4 Å². The fourth-order valence-electron chi connectivity index (χ4n) is 2.77. The van der Waals surface area contributed by atoms with Crippen molar-refractivity contribution >= 4 is 17.8 Å². The first-order valence-corrected chi connectivity index (χ1v) is 10.0. The number of ether oxygens (including phenoxy) is 1. The Kier molecular flexibility index (Phi) is 8.33. The van der Waals surface area contributed by atoms with E-state index in [-0.39, 0.29) is 18.2 Å². The molecular weight excluding hydrogens is 394 g/mol. The first-order valence-electron chi connectivity index (χ1n) is 10.0. The molecule has 0 unspecified atom stereocenters. The van der Waals surface area contributed by atoms with E-state index < -0.39 is 30.1 Å². The topological polar surface area (TPSA) is 108 Å². The predicted octanol–water partition coefficient (Wildman–Crippen LogP) is 3.15. The van der Waals surface area contributed by atoms with Crippen LogP contribution in [-0.2, 0) is 14.3 Å². The molecular formula is C24H27N3O4. The number of esters is 1. The summed E-state index contributed by atoms with van der Waals surface area (Å²) < 4.78 is 5.10. The van der Waals surface area contributed by atoms with Crippen molar-refractivity contribution in [3.05, 3.63) is 71.8 Å². The summed E-state index contributed by atoms with van der Waals surface area (Å²) >= 11 is 0. The molecule has 0 saturated heterocycles. The maximum absolute atomic E-state index is 12.6. The Bertz CT molecular complexity index is 938. The van der Waals surface area contributed by atoms with Gasteiger partial charge in [0.25, 0.3) is 11.8 Å². The predicted molar refractivity (Wildman–Crippen MR) is 116 cm³/mol. The molecule has 0 bridgehead atoms. The standard InChI is InChI=1S/C24H27N3O4/c1-17(2)24(3,16-25)27-21(28)15-31-22(29)14-20(18-10-6-4-7-11-18)26-23(30)19-12-8-5-9-13-19/h4-13,17,20H,14-15H2,1-3H3,(H,26,30)(H,27,28)/t20-,24+/m1/s1. The van der Waals surface area contributed by atoms with Crippen LogP contribution in [0.2, 0.25) is 0 Å². The fraction of sp³-hybridized carbons (Fsp3) is 0.333. The molecule has 2 amide bonds. The van der Waals surface area contributed by atoms with Crippen LogP contribution in [0.15, 0.2) is 60.7 Å². The molecule has 0 spiro atoms. The van der Waals surface area contributed by atoms with Crippen molar-refractivity contribution in [1.29, 1.82) is 5.26 Å². The van der Waals surface area contributed by atoms with Gasteiger partial charge in [-0.25, -0.2) is 0 Å². The van der Waals surface area contributed by atoms with Crippen LogP contribution in [0.5, 0.6) is 0 Å². The van der Waals surface area contributed by atoms with Gasteiger partial charge in [-0.15, -0.1) is 0 Å². The van der Waals surface area contributed by atoms with E-state index in [4.69, 9.17) is 4.74 Å². The Balaban J connectivity index is 2.01. The molecule has 162 valence electrons. The minimum atomic E-state index is -1.06. The largest absolute Gasteiger partial charge is 0.456 e. The van der Waals surface area contributed by atoms with Gasteiger partial charge in [0.1, 0.15) is 5.54 Å². The zero-order chi connectivity index (χ0) is 22.9. The second-order valence-corrected chi connectivity index (χ2v) is 7.68. The quantitative estimate of drug-likeness (QED) is 0.605. The molecule has 2 rings (SSSR count). The zero-order valence-electron chi connectivity index (χ0n) is 17.9. The molecule has 7 heteroatoms. The van der Waals surface area contributed by atoms with E-state index in [9.17, 15) is 19.6 Å². The van der Waals surface area contributed by atoms with Gasteiger partial charge >= 0.3 is 5.97 Å². The van der Waals surface area contributed by atoms with Gasteiger partial charge in [0.05, 0.1) is 18.5 Å². The molecule has 2 N–H and O–H groups in total. The summed E-state index contributed by atoms with van der Waals surface area (Å²) in [7, 11) is 0. The van der Waals surface area contributed by atoms with E-state index in [0.717, 1.165) is 5.56 Å². The summed E-state index contributed by atoms with van der Waals surface area (Å²) in [6.07, 6.45) is -0.143. The highest BCUT2D eigenvalue weighted by Crippen LogP contribution is 2.19. The number of nitrogens with zero attached hydrogens (tertiary/aromatic N) is 1. The van der Waals surface area contributed by atoms with Gasteiger partial charge in [0, 0.05) is 5.56 Å². The smallest absolute Gasteiger partial charge is 0.308 e. The van der Waals surface area contributed by atoms with Gasteiger partial charge in [0.2, 0.25) is 0 Å². The second kappa shape index (κ2) is 10.9. The molecule has 0 saturated carbocycles. The van der Waals surface area contributed by atoms with Crippen LogP contribution >= 0.6 is 0 Å². The average molecular weight is 421 g/mol. The number of nitriles is 1. The van der Waals surface area contributed by atoms with Crippen LogP contribution in [0.25, 0.3) is 0 Å². The van der Waals surface area contributed by atoms with Gasteiger partial charge in [-0.05, 0) is 30.5 Å². The number of carbonyl (C=O) groups is 3. The number of rotatable bonds is 9. The van der Waals surface area contributed by atoms with Crippen molar-refractivity contribution in [3.8, 4) is 6.07 Å². The van der Waals surface area contributed by atoms with Gasteiger partial charge < -0.3 is 15.4 Å². The zero-order valence-corrected chi connectivity index (χ0v) is 17.9. The van der Waals surface area contributed by atoms with Crippen molar-refractivity contribution in [1.82, 2.24) is 10.6 Å². The molecule has 2 atom stereocenters. The summed E-state index contributed by atoms with van der Waals surface area (Å²) in [5.74, 6) is -1.63. The van der Waals surface area contributed by atoms with Crippen molar-refractivity contribution in [2.75, 3.05) is 6.61 Å². The number of benzene rings is 2. The lowest BCUT2D eigenvalue weighted by molar-refractivity contribution is -0.149. The van der Waals surface area contributed by atoms with E-state index in [1.807, 2.05) is 38.1 Å². The third-order valence-corrected chi connectivity index (χ3v) is 5.06. The summed E-state index contributed by atoms with van der Waals surface area (Å²) in [6, 6.07) is 19.2. The van der Waals surface area contributed by atoms with Crippen LogP contribution < -0.4 is 10.6 Å². The number of amides is 2. The van der Waals surface area contributed by atoms with E-state index in [0.29, 0.717) is 5.56 Å². The van der Waals surface area contributed by atoms with Crippen molar-refractivity contribution in [3.63, 3.8) is 0 Å². The summed E-state index contributed by atoms with van der Waals surface area (Å²) in [4.78, 5) is 37.1. The third kappa shape index (κ3) is 6.96. The highest BCUT2D eigenvalue weighted by Gasteiger charge is 2.30. The minimum Gasteiger partial charge on any atom is -0.456 e. The maximum Gasteiger partial charge on any atom is 0.308 e. The lowest BCUT2D eigenvalue weighted by atomic mass is 9.90. The number of carbonyl (C=O) groups excluding carboxylic acids is 3. The minimum absolute atomic E-state index is 0.118. The Morgan fingerprint density at radius 1 is 1.03 bits per heavy atom. The molecule has 0 heterocycles. The van der Waals surface area contributed by atoms with Gasteiger partial charge in [-0.3, -0.25) is 14.4 Å². The molecule has 0 aromatic heterocycles. The van der Waals surface area contributed by atoms with E-state index in [1.54, 1.807) is 43.3 Å². The van der Waals surface area contributed by atoms with Crippen molar-refractivity contribution < 1.29 is 19.1 Å². The van der Waals surface area contributed by atoms with Crippen LogP contribution in [0.4, 0.5) is 0 Å². The molecule has 0 aliphatic carbocycles. The van der Waals surface area contributed by atoms with E-state index in [2.05, 4.69) is 16.7 Å². The van der Waals surface area contributed by atoms with Crippen molar-refractivity contribution in [2.45, 2.75) is 38.8 Å². The monoisotopic (exact) mass is 421 g/mol. The highest BCUT2D eigenvalue weighted by atomic mass is 16.5. The molecule has 2 aromatic carbocycles. The van der Waals surface area contributed by atoms with Crippen LogP contribution in [0.1, 0.15) is 49.2 Å². The molecule has 0 fully saturated rings. The summed E-state index contributed by atoms with van der Waals surface area (Å²) in [5.41, 5.74) is 0.158. The number of nitrogens with one attached hydrogen (secondary N) is 2.